The van der Waals surface area contributed by atoms with Gasteiger partial charge < -0.3 is 14.8 Å². The molecule has 5 nitrogen and oxygen atoms in total. The summed E-state index contributed by atoms with van der Waals surface area (Å²) in [6.07, 6.45) is 1.08. The Kier molecular flexibility index (Phi) is 1.31. The summed E-state index contributed by atoms with van der Waals surface area (Å²) in [5.74, 6) is 0.897. The van der Waals surface area contributed by atoms with Crippen LogP contribution in [0.5, 0.6) is 0 Å². The summed E-state index contributed by atoms with van der Waals surface area (Å²) in [6, 6.07) is -0.712. The third-order valence-electron chi connectivity index (χ3n) is 0.743. The molecule has 0 aromatic heterocycles. The number of carbonyl (C=O) groups is 1. The Hall–Kier alpha value is -0.800. The van der Waals surface area contributed by atoms with Gasteiger partial charge in [0.05, 0.1) is 0 Å². The maximum Gasteiger partial charge on any atom is 0.323 e. The summed E-state index contributed by atoms with van der Waals surface area (Å²) in [5.41, 5.74) is 0. The van der Waals surface area contributed by atoms with Crippen LogP contribution in [0.2, 0.25) is 0 Å². The number of rotatable bonds is 0. The predicted molar refractivity (Wildman–Crippen MR) is 28.4 cm³/mol. The first-order valence-corrected chi connectivity index (χ1v) is 3.87. The summed E-state index contributed by atoms with van der Waals surface area (Å²) in [7, 11) is -3.74. The highest BCUT2D eigenvalue weighted by Crippen LogP contribution is 2.32. The number of hydrogen-bond donors (Lipinski definition) is 2. The highest BCUT2D eigenvalue weighted by Gasteiger charge is 2.10. The Balaban J connectivity index is 2.84. The van der Waals surface area contributed by atoms with E-state index in [1.54, 1.807) is 5.09 Å². The molecule has 1 rings (SSSR count). The molecule has 0 aromatic carbocycles. The van der Waals surface area contributed by atoms with Crippen molar-refractivity contribution in [2.24, 2.45) is 0 Å². The first-order chi connectivity index (χ1) is 4.10. The molecule has 2 N–H and O–H groups in total. The molecule has 0 aliphatic carbocycles. The molecule has 1 aliphatic heterocycles. The third-order valence-corrected chi connectivity index (χ3v) is 1.80. The molecule has 0 fully saturated rings. The van der Waals surface area contributed by atoms with Crippen molar-refractivity contribution in [1.29, 1.82) is 0 Å². The van der Waals surface area contributed by atoms with Gasteiger partial charge in [-0.25, -0.2) is 4.79 Å². The average Bonchev–Trinajstić information content (AvgIpc) is 1.60. The molecular formula is C3H4N2O3P-. The zero-order chi connectivity index (χ0) is 6.91. The number of carbonyl (C=O) groups excluding carboxylic acids is 1. The van der Waals surface area contributed by atoms with Gasteiger partial charge in [0.15, 0.2) is 0 Å². The third kappa shape index (κ3) is 1.55. The van der Waals surface area contributed by atoms with Gasteiger partial charge in [-0.15, -0.1) is 0 Å². The highest BCUT2D eigenvalue weighted by atomic mass is 31.2. The van der Waals surface area contributed by atoms with Gasteiger partial charge in [-0.3, -0.25) is 5.09 Å². The van der Waals surface area contributed by atoms with Crippen LogP contribution in [0.15, 0.2) is 12.0 Å². The molecule has 0 aromatic rings. The monoisotopic (exact) mass is 147 g/mol. The number of urea groups is 1. The van der Waals surface area contributed by atoms with Gasteiger partial charge in [-0.05, 0) is 5.82 Å². The quantitative estimate of drug-likeness (QED) is 0.445. The van der Waals surface area contributed by atoms with Crippen LogP contribution < -0.4 is 15.3 Å². The zero-order valence-electron chi connectivity index (χ0n) is 4.33. The van der Waals surface area contributed by atoms with E-state index in [1.807, 2.05) is 0 Å². The van der Waals surface area contributed by atoms with E-state index in [0.29, 0.717) is 0 Å². The van der Waals surface area contributed by atoms with E-state index < -0.39 is 13.6 Å². The fourth-order valence-corrected chi connectivity index (χ4v) is 1.12. The molecular weight excluding hydrogens is 143 g/mol. The van der Waals surface area contributed by atoms with Crippen LogP contribution in [-0.2, 0) is 4.57 Å². The molecule has 6 heteroatoms. The van der Waals surface area contributed by atoms with Gasteiger partial charge in [-0.1, -0.05) is 0 Å². The maximum absolute atomic E-state index is 10.4. The van der Waals surface area contributed by atoms with E-state index in [1.165, 1.54) is 0 Å². The molecule has 0 spiro atoms. The molecule has 0 bridgehead atoms. The second-order valence-electron chi connectivity index (χ2n) is 1.50. The highest BCUT2D eigenvalue weighted by molar-refractivity contribution is 7.58. The van der Waals surface area contributed by atoms with Crippen molar-refractivity contribution < 1.29 is 14.3 Å². The zero-order valence-corrected chi connectivity index (χ0v) is 5.22. The van der Waals surface area contributed by atoms with Crippen molar-refractivity contribution in [3.8, 4) is 0 Å². The Morgan fingerprint density at radius 3 is 2.67 bits per heavy atom. The summed E-state index contributed by atoms with van der Waals surface area (Å²) >= 11 is 0. The van der Waals surface area contributed by atoms with Gasteiger partial charge in [0.1, 0.15) is 7.52 Å². The van der Waals surface area contributed by atoms with E-state index in [-0.39, 0.29) is 0 Å². The largest absolute Gasteiger partial charge is 0.780 e. The number of amides is 2. The predicted octanol–water partition coefficient (Wildman–Crippen LogP) is -0.676. The van der Waals surface area contributed by atoms with E-state index in [4.69, 9.17) is 0 Å². The summed E-state index contributed by atoms with van der Waals surface area (Å²) < 4.78 is 10.4. The fourth-order valence-electron chi connectivity index (χ4n) is 0.422. The Labute approximate surface area is 51.3 Å². The molecule has 0 saturated heterocycles. The van der Waals surface area contributed by atoms with Gasteiger partial charge in [0.2, 0.25) is 0 Å². The van der Waals surface area contributed by atoms with Crippen molar-refractivity contribution in [2.75, 3.05) is 0 Å². The van der Waals surface area contributed by atoms with Crippen LogP contribution in [0.1, 0.15) is 0 Å². The van der Waals surface area contributed by atoms with E-state index in [9.17, 15) is 14.3 Å². The lowest BCUT2D eigenvalue weighted by molar-refractivity contribution is -0.174. The summed E-state index contributed by atoms with van der Waals surface area (Å²) in [6.45, 7) is 0. The van der Waals surface area contributed by atoms with Crippen molar-refractivity contribution in [3.05, 3.63) is 12.0 Å². The second-order valence-corrected chi connectivity index (χ2v) is 3.21. The lowest BCUT2D eigenvalue weighted by Gasteiger charge is -2.23. The molecule has 0 saturated carbocycles. The SMILES string of the molecule is O=C1NC=CP(=O)([O-])N1. The van der Waals surface area contributed by atoms with Crippen LogP contribution >= 0.6 is 7.52 Å². The molecule has 1 unspecified atom stereocenters. The number of nitrogens with one attached hydrogen (secondary N) is 2. The minimum absolute atomic E-state index is 0.712. The standard InChI is InChI=1S/C3H5N2O3P/c6-3-4-1-2-9(7,8)5-3/h1-2H,(H3,4,5,6,7,8)/p-1. The van der Waals surface area contributed by atoms with Gasteiger partial charge in [-0.2, -0.15) is 0 Å². The molecule has 1 aliphatic rings. The second kappa shape index (κ2) is 1.86. The van der Waals surface area contributed by atoms with Crippen LogP contribution in [0.4, 0.5) is 4.79 Å². The van der Waals surface area contributed by atoms with Crippen LogP contribution in [-0.4, -0.2) is 6.03 Å². The van der Waals surface area contributed by atoms with Crippen LogP contribution in [0, 0.1) is 0 Å². The van der Waals surface area contributed by atoms with Crippen molar-refractivity contribution >= 4 is 13.6 Å². The molecule has 50 valence electrons. The minimum Gasteiger partial charge on any atom is -0.780 e. The average molecular weight is 147 g/mol. The van der Waals surface area contributed by atoms with Crippen LogP contribution in [0.25, 0.3) is 0 Å². The Bertz CT molecular complexity index is 211. The Morgan fingerprint density at radius 1 is 1.67 bits per heavy atom. The minimum atomic E-state index is -3.74. The summed E-state index contributed by atoms with van der Waals surface area (Å²) in [5, 5.41) is 3.85. The first-order valence-electron chi connectivity index (χ1n) is 2.17. The van der Waals surface area contributed by atoms with E-state index >= 15 is 0 Å². The van der Waals surface area contributed by atoms with Crippen LogP contribution in [0.3, 0.4) is 0 Å². The summed E-state index contributed by atoms with van der Waals surface area (Å²) in [4.78, 5) is 20.7. The maximum atomic E-state index is 10.4. The molecule has 2 amide bonds. The Morgan fingerprint density at radius 2 is 2.33 bits per heavy atom. The van der Waals surface area contributed by atoms with Gasteiger partial charge in [0, 0.05) is 6.20 Å². The normalized spacial score (nSPS) is 33.2. The lowest BCUT2D eigenvalue weighted by Crippen LogP contribution is -2.35. The molecule has 1 heterocycles. The van der Waals surface area contributed by atoms with E-state index in [2.05, 4.69) is 5.32 Å². The topological polar surface area (TPSA) is 81.3 Å². The smallest absolute Gasteiger partial charge is 0.323 e. The van der Waals surface area contributed by atoms with Gasteiger partial charge in [0.25, 0.3) is 0 Å². The van der Waals surface area contributed by atoms with Gasteiger partial charge >= 0.3 is 6.03 Å². The molecule has 0 radical (unpaired) electrons. The molecule has 1 atom stereocenters. The molecule has 9 heavy (non-hydrogen) atoms. The number of hydrogen-bond acceptors (Lipinski definition) is 3. The van der Waals surface area contributed by atoms with Crippen molar-refractivity contribution in [2.45, 2.75) is 0 Å². The van der Waals surface area contributed by atoms with E-state index in [0.717, 1.165) is 12.0 Å². The fraction of sp³-hybridized carbons (Fsp3) is 0. The van der Waals surface area contributed by atoms with Crippen molar-refractivity contribution in [1.82, 2.24) is 10.4 Å². The van der Waals surface area contributed by atoms with Crippen molar-refractivity contribution in [3.63, 3.8) is 0 Å². The first kappa shape index (κ1) is 6.32. The lowest BCUT2D eigenvalue weighted by atomic mass is 10.9.